The molecule has 0 amide bonds. The predicted octanol–water partition coefficient (Wildman–Crippen LogP) is 1.71. The molecule has 1 unspecified atom stereocenters. The lowest BCUT2D eigenvalue weighted by molar-refractivity contribution is 0.160. The zero-order valence-corrected chi connectivity index (χ0v) is 12.6. The smallest absolute Gasteiger partial charge is 0.217 e. The van der Waals surface area contributed by atoms with Crippen LogP contribution in [0.5, 0.6) is 0 Å². The van der Waals surface area contributed by atoms with E-state index in [2.05, 4.69) is 4.90 Å². The van der Waals surface area contributed by atoms with Crippen LogP contribution in [0.25, 0.3) is 0 Å². The van der Waals surface area contributed by atoms with Gasteiger partial charge in [-0.2, -0.15) is 4.31 Å². The maximum atomic E-state index is 12.5. The molecule has 5 heteroatoms. The Labute approximate surface area is 116 Å². The van der Waals surface area contributed by atoms with Crippen LogP contribution in [0.15, 0.2) is 30.3 Å². The van der Waals surface area contributed by atoms with Gasteiger partial charge in [0, 0.05) is 19.6 Å². The van der Waals surface area contributed by atoms with Gasteiger partial charge in [-0.15, -0.1) is 0 Å². The molecule has 0 aliphatic carbocycles. The Kier molecular flexibility index (Phi) is 4.28. The van der Waals surface area contributed by atoms with Gasteiger partial charge >= 0.3 is 0 Å². The predicted molar refractivity (Wildman–Crippen MR) is 77.4 cm³/mol. The van der Waals surface area contributed by atoms with Crippen molar-refractivity contribution in [3.63, 3.8) is 0 Å². The molecule has 1 fully saturated rings. The van der Waals surface area contributed by atoms with Crippen molar-refractivity contribution in [1.29, 1.82) is 0 Å². The van der Waals surface area contributed by atoms with Crippen LogP contribution in [0.2, 0.25) is 0 Å². The minimum atomic E-state index is -3.21. The van der Waals surface area contributed by atoms with Gasteiger partial charge in [-0.05, 0) is 26.5 Å². The molecule has 1 aliphatic rings. The molecular formula is C14H22N2O2S. The Balaban J connectivity index is 2.36. The highest BCUT2D eigenvalue weighted by Crippen LogP contribution is 2.28. The van der Waals surface area contributed by atoms with Gasteiger partial charge in [0.25, 0.3) is 0 Å². The second-order valence-corrected chi connectivity index (χ2v) is 7.83. The lowest BCUT2D eigenvalue weighted by atomic mass is 10.1. The third-order valence-electron chi connectivity index (χ3n) is 3.64. The zero-order chi connectivity index (χ0) is 14.0. The quantitative estimate of drug-likeness (QED) is 0.847. The van der Waals surface area contributed by atoms with Crippen molar-refractivity contribution in [1.82, 2.24) is 9.21 Å². The number of hydrogen-bond donors (Lipinski definition) is 0. The van der Waals surface area contributed by atoms with Crippen molar-refractivity contribution < 1.29 is 8.42 Å². The summed E-state index contributed by atoms with van der Waals surface area (Å²) in [5, 5.41) is -0.373. The number of piperazine rings is 1. The normalized spacial score (nSPS) is 22.8. The zero-order valence-electron chi connectivity index (χ0n) is 11.8. The van der Waals surface area contributed by atoms with Crippen molar-refractivity contribution in [2.45, 2.75) is 25.1 Å². The van der Waals surface area contributed by atoms with Gasteiger partial charge < -0.3 is 4.90 Å². The minimum Gasteiger partial charge on any atom is -0.303 e. The van der Waals surface area contributed by atoms with Gasteiger partial charge in [-0.25, -0.2) is 8.42 Å². The second kappa shape index (κ2) is 5.61. The Morgan fingerprint density at radius 3 is 2.37 bits per heavy atom. The summed E-state index contributed by atoms with van der Waals surface area (Å²) < 4.78 is 26.6. The molecular weight excluding hydrogens is 260 g/mol. The molecule has 19 heavy (non-hydrogen) atoms. The standard InChI is InChI=1S/C14H22N2O2S/c1-12(2)19(17,18)16-10-9-15(3)11-14(16)13-7-5-4-6-8-13/h4-8,12,14H,9-11H2,1-3H3. The SMILES string of the molecule is CC(C)S(=O)(=O)N1CCN(C)CC1c1ccccc1. The number of rotatable bonds is 3. The van der Waals surface area contributed by atoms with Crippen molar-refractivity contribution >= 4 is 10.0 Å². The molecule has 1 aliphatic heterocycles. The number of likely N-dealkylation sites (N-methyl/N-ethyl adjacent to an activating group) is 1. The van der Waals surface area contributed by atoms with Crippen molar-refractivity contribution in [3.8, 4) is 0 Å². The third-order valence-corrected chi connectivity index (χ3v) is 5.92. The first-order chi connectivity index (χ1) is 8.93. The van der Waals surface area contributed by atoms with Crippen LogP contribution < -0.4 is 0 Å². The highest BCUT2D eigenvalue weighted by Gasteiger charge is 2.36. The van der Waals surface area contributed by atoms with Crippen LogP contribution in [0.1, 0.15) is 25.5 Å². The maximum Gasteiger partial charge on any atom is 0.217 e. The van der Waals surface area contributed by atoms with E-state index in [1.807, 2.05) is 37.4 Å². The number of nitrogens with zero attached hydrogens (tertiary/aromatic N) is 2. The molecule has 0 saturated carbocycles. The summed E-state index contributed by atoms with van der Waals surface area (Å²) in [5.41, 5.74) is 1.07. The van der Waals surface area contributed by atoms with Gasteiger partial charge in [-0.1, -0.05) is 30.3 Å². The van der Waals surface area contributed by atoms with Crippen molar-refractivity contribution in [2.24, 2.45) is 0 Å². The highest BCUT2D eigenvalue weighted by molar-refractivity contribution is 7.89. The molecule has 1 heterocycles. The molecule has 2 rings (SSSR count). The van der Waals surface area contributed by atoms with Crippen LogP contribution in [0, 0.1) is 0 Å². The Bertz CT molecular complexity index is 514. The largest absolute Gasteiger partial charge is 0.303 e. The van der Waals surface area contributed by atoms with E-state index in [0.29, 0.717) is 6.54 Å². The first-order valence-corrected chi connectivity index (χ1v) is 8.17. The lowest BCUT2D eigenvalue weighted by Gasteiger charge is -2.40. The fourth-order valence-corrected chi connectivity index (χ4v) is 3.85. The number of benzene rings is 1. The van der Waals surface area contributed by atoms with Gasteiger partial charge in [0.1, 0.15) is 0 Å². The van der Waals surface area contributed by atoms with E-state index in [9.17, 15) is 8.42 Å². The Hall–Kier alpha value is -0.910. The molecule has 0 spiro atoms. The van der Waals surface area contributed by atoms with Gasteiger partial charge in [-0.3, -0.25) is 0 Å². The number of sulfonamides is 1. The summed E-state index contributed by atoms with van der Waals surface area (Å²) in [6.07, 6.45) is 0. The average Bonchev–Trinajstić information content (AvgIpc) is 2.39. The van der Waals surface area contributed by atoms with E-state index in [1.165, 1.54) is 0 Å². The van der Waals surface area contributed by atoms with Crippen molar-refractivity contribution in [2.75, 3.05) is 26.7 Å². The topological polar surface area (TPSA) is 40.6 Å². The average molecular weight is 282 g/mol. The Morgan fingerprint density at radius 1 is 1.16 bits per heavy atom. The summed E-state index contributed by atoms with van der Waals surface area (Å²) in [7, 11) is -1.18. The first kappa shape index (κ1) is 14.5. The summed E-state index contributed by atoms with van der Waals surface area (Å²) in [6, 6.07) is 9.82. The summed E-state index contributed by atoms with van der Waals surface area (Å²) in [4.78, 5) is 2.18. The van der Waals surface area contributed by atoms with Crippen LogP contribution in [-0.4, -0.2) is 49.6 Å². The van der Waals surface area contributed by atoms with Crippen LogP contribution in [-0.2, 0) is 10.0 Å². The van der Waals surface area contributed by atoms with E-state index in [1.54, 1.807) is 18.2 Å². The molecule has 0 bridgehead atoms. The van der Waals surface area contributed by atoms with Gasteiger partial charge in [0.2, 0.25) is 10.0 Å². The van der Waals surface area contributed by atoms with Gasteiger partial charge in [0.05, 0.1) is 11.3 Å². The third kappa shape index (κ3) is 2.99. The summed E-state index contributed by atoms with van der Waals surface area (Å²) in [5.74, 6) is 0. The summed E-state index contributed by atoms with van der Waals surface area (Å²) >= 11 is 0. The fraction of sp³-hybridized carbons (Fsp3) is 0.571. The number of hydrogen-bond acceptors (Lipinski definition) is 3. The monoisotopic (exact) mass is 282 g/mol. The second-order valence-electron chi connectivity index (χ2n) is 5.39. The van der Waals surface area contributed by atoms with E-state index < -0.39 is 10.0 Å². The molecule has 4 nitrogen and oxygen atoms in total. The molecule has 1 aromatic rings. The Morgan fingerprint density at radius 2 is 1.79 bits per heavy atom. The molecule has 0 aromatic heterocycles. The van der Waals surface area contributed by atoms with Crippen LogP contribution in [0.4, 0.5) is 0 Å². The lowest BCUT2D eigenvalue weighted by Crippen LogP contribution is -2.50. The van der Waals surface area contributed by atoms with Gasteiger partial charge in [0.15, 0.2) is 0 Å². The van der Waals surface area contributed by atoms with E-state index in [0.717, 1.165) is 18.7 Å². The van der Waals surface area contributed by atoms with Crippen LogP contribution >= 0.6 is 0 Å². The van der Waals surface area contributed by atoms with Crippen LogP contribution in [0.3, 0.4) is 0 Å². The maximum absolute atomic E-state index is 12.5. The minimum absolute atomic E-state index is 0.0765. The molecule has 0 N–H and O–H groups in total. The van der Waals surface area contributed by atoms with E-state index >= 15 is 0 Å². The molecule has 1 atom stereocenters. The molecule has 106 valence electrons. The molecule has 1 aromatic carbocycles. The van der Waals surface area contributed by atoms with E-state index in [4.69, 9.17) is 0 Å². The van der Waals surface area contributed by atoms with E-state index in [-0.39, 0.29) is 11.3 Å². The van der Waals surface area contributed by atoms with Crippen molar-refractivity contribution in [3.05, 3.63) is 35.9 Å². The first-order valence-electron chi connectivity index (χ1n) is 6.67. The summed E-state index contributed by atoms with van der Waals surface area (Å²) in [6.45, 7) is 5.59. The highest BCUT2D eigenvalue weighted by atomic mass is 32.2. The molecule has 1 saturated heterocycles. The fourth-order valence-electron chi connectivity index (χ4n) is 2.42. The molecule has 0 radical (unpaired) electrons.